The third-order valence-electron chi connectivity index (χ3n) is 3.37. The standard InChI is InChI=1S/C16H15ClFN3O/c17-12-9-11(5-6-13(12)18)10-21-15-4-2-1-3-14(15)20-16(21)19-7-8-22/h1-6,9,22H,7-8,10H2,(H,19,20). The Labute approximate surface area is 132 Å². The molecule has 0 aliphatic heterocycles. The molecule has 0 saturated carbocycles. The second-order valence-electron chi connectivity index (χ2n) is 4.91. The minimum atomic E-state index is -0.431. The van der Waals surface area contributed by atoms with E-state index in [1.54, 1.807) is 12.1 Å². The molecule has 0 spiro atoms. The van der Waals surface area contributed by atoms with E-state index in [-0.39, 0.29) is 11.6 Å². The number of nitrogens with zero attached hydrogens (tertiary/aromatic N) is 2. The molecule has 0 aliphatic carbocycles. The van der Waals surface area contributed by atoms with Crippen LogP contribution in [0.2, 0.25) is 5.02 Å². The summed E-state index contributed by atoms with van der Waals surface area (Å²) in [4.78, 5) is 4.52. The molecule has 0 aliphatic rings. The average Bonchev–Trinajstić information content (AvgIpc) is 2.87. The van der Waals surface area contributed by atoms with E-state index < -0.39 is 5.82 Å². The highest BCUT2D eigenvalue weighted by atomic mass is 35.5. The number of aliphatic hydroxyl groups is 1. The van der Waals surface area contributed by atoms with Crippen LogP contribution in [0.4, 0.5) is 10.3 Å². The molecule has 1 heterocycles. The quantitative estimate of drug-likeness (QED) is 0.759. The summed E-state index contributed by atoms with van der Waals surface area (Å²) in [5.41, 5.74) is 2.70. The monoisotopic (exact) mass is 319 g/mol. The van der Waals surface area contributed by atoms with Crippen molar-refractivity contribution >= 4 is 28.6 Å². The molecule has 3 rings (SSSR count). The van der Waals surface area contributed by atoms with Crippen LogP contribution in [0.5, 0.6) is 0 Å². The minimum Gasteiger partial charge on any atom is -0.395 e. The summed E-state index contributed by atoms with van der Waals surface area (Å²) in [5.74, 6) is 0.232. The Balaban J connectivity index is 2.01. The highest BCUT2D eigenvalue weighted by molar-refractivity contribution is 6.30. The average molecular weight is 320 g/mol. The molecule has 0 unspecified atom stereocenters. The topological polar surface area (TPSA) is 50.1 Å². The third kappa shape index (κ3) is 2.91. The van der Waals surface area contributed by atoms with E-state index in [1.165, 1.54) is 6.07 Å². The maximum Gasteiger partial charge on any atom is 0.204 e. The van der Waals surface area contributed by atoms with Gasteiger partial charge in [0.15, 0.2) is 0 Å². The molecule has 0 atom stereocenters. The van der Waals surface area contributed by atoms with Crippen LogP contribution in [0, 0.1) is 5.82 Å². The molecule has 0 amide bonds. The first-order valence-electron chi connectivity index (χ1n) is 6.93. The summed E-state index contributed by atoms with van der Waals surface area (Å²) in [6.45, 7) is 0.938. The van der Waals surface area contributed by atoms with E-state index in [0.717, 1.165) is 16.6 Å². The van der Waals surface area contributed by atoms with E-state index in [1.807, 2.05) is 28.8 Å². The highest BCUT2D eigenvalue weighted by Crippen LogP contribution is 2.23. The van der Waals surface area contributed by atoms with Gasteiger partial charge in [-0.15, -0.1) is 0 Å². The lowest BCUT2D eigenvalue weighted by atomic mass is 10.2. The van der Waals surface area contributed by atoms with E-state index in [2.05, 4.69) is 10.3 Å². The van der Waals surface area contributed by atoms with Crippen LogP contribution in [0.15, 0.2) is 42.5 Å². The maximum atomic E-state index is 13.3. The van der Waals surface area contributed by atoms with Gasteiger partial charge in [0.1, 0.15) is 5.82 Å². The van der Waals surface area contributed by atoms with Crippen molar-refractivity contribution in [1.29, 1.82) is 0 Å². The SMILES string of the molecule is OCCNc1nc2ccccc2n1Cc1ccc(F)c(Cl)c1. The Morgan fingerprint density at radius 2 is 2.05 bits per heavy atom. The van der Waals surface area contributed by atoms with Crippen LogP contribution >= 0.6 is 11.6 Å². The number of hydrogen-bond donors (Lipinski definition) is 2. The van der Waals surface area contributed by atoms with Gasteiger partial charge >= 0.3 is 0 Å². The summed E-state index contributed by atoms with van der Waals surface area (Å²) in [7, 11) is 0. The Kier molecular flexibility index (Phi) is 4.27. The zero-order chi connectivity index (χ0) is 15.5. The van der Waals surface area contributed by atoms with E-state index in [9.17, 15) is 4.39 Å². The van der Waals surface area contributed by atoms with Crippen molar-refractivity contribution in [3.63, 3.8) is 0 Å². The molecule has 2 N–H and O–H groups in total. The predicted molar refractivity (Wildman–Crippen MR) is 85.8 cm³/mol. The van der Waals surface area contributed by atoms with Crippen molar-refractivity contribution in [2.45, 2.75) is 6.54 Å². The van der Waals surface area contributed by atoms with Gasteiger partial charge < -0.3 is 15.0 Å². The van der Waals surface area contributed by atoms with Crippen molar-refractivity contribution < 1.29 is 9.50 Å². The number of benzene rings is 2. The van der Waals surface area contributed by atoms with Gasteiger partial charge in [-0.3, -0.25) is 0 Å². The second kappa shape index (κ2) is 6.34. The summed E-state index contributed by atoms with van der Waals surface area (Å²) in [6.07, 6.45) is 0. The van der Waals surface area contributed by atoms with Crippen molar-refractivity contribution in [1.82, 2.24) is 9.55 Å². The number of hydrogen-bond acceptors (Lipinski definition) is 3. The van der Waals surface area contributed by atoms with Gasteiger partial charge in [0, 0.05) is 6.54 Å². The summed E-state index contributed by atoms with van der Waals surface area (Å²) < 4.78 is 15.3. The molecular weight excluding hydrogens is 305 g/mol. The van der Waals surface area contributed by atoms with Crippen molar-refractivity contribution in [2.24, 2.45) is 0 Å². The molecule has 2 aromatic carbocycles. The number of halogens is 2. The predicted octanol–water partition coefficient (Wildman–Crippen LogP) is 3.28. The van der Waals surface area contributed by atoms with Crippen LogP contribution < -0.4 is 5.32 Å². The maximum absolute atomic E-state index is 13.3. The number of para-hydroxylation sites is 2. The number of aliphatic hydroxyl groups excluding tert-OH is 1. The molecular formula is C16H15ClFN3O. The molecule has 0 fully saturated rings. The van der Waals surface area contributed by atoms with E-state index in [4.69, 9.17) is 16.7 Å². The molecule has 3 aromatic rings. The van der Waals surface area contributed by atoms with E-state index >= 15 is 0 Å². The molecule has 4 nitrogen and oxygen atoms in total. The lowest BCUT2D eigenvalue weighted by Crippen LogP contribution is -2.12. The molecule has 22 heavy (non-hydrogen) atoms. The van der Waals surface area contributed by atoms with Crippen LogP contribution in [0.1, 0.15) is 5.56 Å². The molecule has 1 aromatic heterocycles. The van der Waals surface area contributed by atoms with Gasteiger partial charge in [-0.1, -0.05) is 29.8 Å². The lowest BCUT2D eigenvalue weighted by Gasteiger charge is -2.11. The normalized spacial score (nSPS) is 11.0. The Morgan fingerprint density at radius 3 is 2.82 bits per heavy atom. The van der Waals surface area contributed by atoms with Gasteiger partial charge in [0.2, 0.25) is 5.95 Å². The first kappa shape index (κ1) is 14.8. The molecule has 114 valence electrons. The number of rotatable bonds is 5. The van der Waals surface area contributed by atoms with Gasteiger partial charge in [0.25, 0.3) is 0 Å². The zero-order valence-corrected chi connectivity index (χ0v) is 12.5. The lowest BCUT2D eigenvalue weighted by molar-refractivity contribution is 0.310. The number of imidazole rings is 1. The summed E-state index contributed by atoms with van der Waals surface area (Å²) >= 11 is 5.85. The third-order valence-corrected chi connectivity index (χ3v) is 3.66. The first-order valence-corrected chi connectivity index (χ1v) is 7.31. The zero-order valence-electron chi connectivity index (χ0n) is 11.8. The summed E-state index contributed by atoms with van der Waals surface area (Å²) in [6, 6.07) is 12.4. The smallest absolute Gasteiger partial charge is 0.204 e. The van der Waals surface area contributed by atoms with Crippen LogP contribution in [0.25, 0.3) is 11.0 Å². The summed E-state index contributed by atoms with van der Waals surface area (Å²) in [5, 5.41) is 12.2. The second-order valence-corrected chi connectivity index (χ2v) is 5.32. The van der Waals surface area contributed by atoms with Gasteiger partial charge in [-0.2, -0.15) is 0 Å². The highest BCUT2D eigenvalue weighted by Gasteiger charge is 2.11. The van der Waals surface area contributed by atoms with Crippen molar-refractivity contribution in [3.05, 3.63) is 58.9 Å². The minimum absolute atomic E-state index is 0.0194. The van der Waals surface area contributed by atoms with Crippen LogP contribution in [-0.2, 0) is 6.54 Å². The van der Waals surface area contributed by atoms with Crippen LogP contribution in [0.3, 0.4) is 0 Å². The Bertz CT molecular complexity index is 803. The molecule has 0 radical (unpaired) electrons. The molecule has 0 saturated heterocycles. The number of nitrogens with one attached hydrogen (secondary N) is 1. The van der Waals surface area contributed by atoms with E-state index in [0.29, 0.717) is 19.0 Å². The fourth-order valence-electron chi connectivity index (χ4n) is 2.36. The number of fused-ring (bicyclic) bond motifs is 1. The number of aromatic nitrogens is 2. The fourth-order valence-corrected chi connectivity index (χ4v) is 2.56. The van der Waals surface area contributed by atoms with Gasteiger partial charge in [-0.05, 0) is 29.8 Å². The molecule has 0 bridgehead atoms. The number of anilines is 1. The van der Waals surface area contributed by atoms with Crippen molar-refractivity contribution in [2.75, 3.05) is 18.5 Å². The fraction of sp³-hybridized carbons (Fsp3) is 0.188. The molecule has 6 heteroatoms. The Hall–Kier alpha value is -2.11. The van der Waals surface area contributed by atoms with Gasteiger partial charge in [-0.25, -0.2) is 9.37 Å². The van der Waals surface area contributed by atoms with Crippen molar-refractivity contribution in [3.8, 4) is 0 Å². The largest absolute Gasteiger partial charge is 0.395 e. The Morgan fingerprint density at radius 1 is 1.23 bits per heavy atom. The van der Waals surface area contributed by atoms with Gasteiger partial charge in [0.05, 0.1) is 29.2 Å². The first-order chi connectivity index (χ1) is 10.7. The van der Waals surface area contributed by atoms with Crippen LogP contribution in [-0.4, -0.2) is 27.8 Å².